The van der Waals surface area contributed by atoms with E-state index in [-0.39, 0.29) is 36.3 Å². The first-order valence-electron chi connectivity index (χ1n) is 23.6. The molecule has 2 bridgehead atoms. The number of nitrogens with zero attached hydrogens (tertiary/aromatic N) is 1. The van der Waals surface area contributed by atoms with Crippen molar-refractivity contribution in [3.05, 3.63) is 47.6 Å². The first-order valence-corrected chi connectivity index (χ1v) is 23.6. The largest absolute Gasteiger partial charge is 0.461 e. The van der Waals surface area contributed by atoms with Gasteiger partial charge in [0.05, 0.1) is 24.4 Å². The van der Waals surface area contributed by atoms with Gasteiger partial charge in [-0.25, -0.2) is 4.79 Å². The lowest BCUT2D eigenvalue weighted by atomic mass is 9.78. The Morgan fingerprint density at radius 3 is 2.24 bits per heavy atom. The summed E-state index contributed by atoms with van der Waals surface area (Å²) in [5.74, 6) is -6.67. The molecule has 15 atom stereocenters. The van der Waals surface area contributed by atoms with Gasteiger partial charge < -0.3 is 44.3 Å². The molecule has 1 amide bonds. The molecule has 0 aromatic carbocycles. The fourth-order valence-electron chi connectivity index (χ4n) is 10.1. The van der Waals surface area contributed by atoms with E-state index >= 15 is 0 Å². The van der Waals surface area contributed by atoms with Crippen molar-refractivity contribution in [3.63, 3.8) is 0 Å². The van der Waals surface area contributed by atoms with Crippen LogP contribution in [0.1, 0.15) is 132 Å². The standard InChI is InChI=1S/C50H79NO12/c1-30-15-11-10-12-16-32(3)42(60-8)29-38-21-19-36(7)50(59,63-38)47(56)48(57)51-24-14-13-17-39(51)49(58)62-41(33(4)27-37-20-22-40(52)43(28-37)61-9)23-18-31(2)26-35(6)45(54)46(55)44(53)34(5)25-30/h10-12,15-16,26,30-31,33-34,36-43,45-46,52,54-55,59H,13-14,17-25,27-29H2,1-9H3/b12-10?,15-11+,32-16?,35-26+/t30-,31+,33-,34-,36-,37+,38+,39+,40-,41+,42+,43-,45-,46+,50-/m1/s1. The minimum Gasteiger partial charge on any atom is -0.461 e. The van der Waals surface area contributed by atoms with Crippen LogP contribution in [0.2, 0.25) is 0 Å². The van der Waals surface area contributed by atoms with Crippen LogP contribution < -0.4 is 0 Å². The van der Waals surface area contributed by atoms with E-state index in [1.54, 1.807) is 35.0 Å². The Labute approximate surface area is 376 Å². The molecule has 63 heavy (non-hydrogen) atoms. The molecule has 0 radical (unpaired) electrons. The van der Waals surface area contributed by atoms with Crippen molar-refractivity contribution in [1.29, 1.82) is 0 Å². The lowest BCUT2D eigenvalue weighted by Crippen LogP contribution is -2.61. The van der Waals surface area contributed by atoms with E-state index in [1.165, 1.54) is 4.90 Å². The number of methoxy groups -OCH3 is 2. The Balaban J connectivity index is 1.66. The summed E-state index contributed by atoms with van der Waals surface area (Å²) in [5, 5.41) is 44.5. The number of allylic oxidation sites excluding steroid dienone is 6. The molecule has 0 aromatic heterocycles. The first kappa shape index (κ1) is 52.6. The summed E-state index contributed by atoms with van der Waals surface area (Å²) < 4.78 is 23.9. The zero-order valence-corrected chi connectivity index (χ0v) is 39.4. The Morgan fingerprint density at radius 1 is 0.810 bits per heavy atom. The maximum absolute atomic E-state index is 14.3. The third kappa shape index (κ3) is 14.2. The lowest BCUT2D eigenvalue weighted by Gasteiger charge is -2.42. The van der Waals surface area contributed by atoms with Crippen molar-refractivity contribution in [2.75, 3.05) is 20.8 Å². The number of esters is 1. The predicted octanol–water partition coefficient (Wildman–Crippen LogP) is 6.35. The van der Waals surface area contributed by atoms with Gasteiger partial charge in [0.1, 0.15) is 24.4 Å². The first-order chi connectivity index (χ1) is 29.8. The number of cyclic esters (lactones) is 1. The van der Waals surface area contributed by atoms with E-state index in [1.807, 2.05) is 64.2 Å². The van der Waals surface area contributed by atoms with Crippen molar-refractivity contribution in [3.8, 4) is 0 Å². The van der Waals surface area contributed by atoms with Gasteiger partial charge in [0.15, 0.2) is 5.78 Å². The van der Waals surface area contributed by atoms with E-state index in [4.69, 9.17) is 18.9 Å². The minimum absolute atomic E-state index is 0.0120. The average molecular weight is 886 g/mol. The number of hydrogen-bond acceptors (Lipinski definition) is 12. The van der Waals surface area contributed by atoms with Gasteiger partial charge in [0.25, 0.3) is 11.7 Å². The number of piperidine rings is 1. The van der Waals surface area contributed by atoms with Crippen LogP contribution in [0.3, 0.4) is 0 Å². The molecule has 3 heterocycles. The summed E-state index contributed by atoms with van der Waals surface area (Å²) in [5.41, 5.74) is 1.35. The van der Waals surface area contributed by atoms with Crippen molar-refractivity contribution in [1.82, 2.24) is 4.90 Å². The van der Waals surface area contributed by atoms with E-state index < -0.39 is 83.7 Å². The summed E-state index contributed by atoms with van der Waals surface area (Å²) in [4.78, 5) is 57.3. The molecule has 0 spiro atoms. The number of ether oxygens (including phenoxy) is 4. The smallest absolute Gasteiger partial charge is 0.329 e. The van der Waals surface area contributed by atoms with E-state index in [9.17, 15) is 39.6 Å². The van der Waals surface area contributed by atoms with Crippen LogP contribution in [0.4, 0.5) is 0 Å². The number of hydrogen-bond donors (Lipinski definition) is 4. The Morgan fingerprint density at radius 2 is 1.54 bits per heavy atom. The van der Waals surface area contributed by atoms with Gasteiger partial charge in [-0.3, -0.25) is 14.4 Å². The summed E-state index contributed by atoms with van der Waals surface area (Å²) in [7, 11) is 3.18. The maximum Gasteiger partial charge on any atom is 0.329 e. The number of carbonyl (C=O) groups is 4. The van der Waals surface area contributed by atoms with Gasteiger partial charge in [-0.1, -0.05) is 71.1 Å². The molecule has 4 N–H and O–H groups in total. The third-order valence-electron chi connectivity index (χ3n) is 14.3. The molecular weight excluding hydrogens is 807 g/mol. The monoisotopic (exact) mass is 886 g/mol. The second kappa shape index (κ2) is 24.5. The normalized spacial score (nSPS) is 40.0. The molecule has 3 fully saturated rings. The number of carbonyl (C=O) groups excluding carboxylic acids is 4. The molecule has 1 saturated carbocycles. The van der Waals surface area contributed by atoms with Crippen molar-refractivity contribution in [2.45, 2.75) is 186 Å². The highest BCUT2D eigenvalue weighted by Gasteiger charge is 2.53. The summed E-state index contributed by atoms with van der Waals surface area (Å²) in [6, 6.07) is -1.03. The van der Waals surface area contributed by atoms with Gasteiger partial charge in [-0.05, 0) is 126 Å². The molecule has 2 saturated heterocycles. The zero-order chi connectivity index (χ0) is 46.6. The highest BCUT2D eigenvalue weighted by atomic mass is 16.6. The second-order valence-electron chi connectivity index (χ2n) is 19.5. The maximum atomic E-state index is 14.3. The van der Waals surface area contributed by atoms with Crippen LogP contribution in [0.5, 0.6) is 0 Å². The zero-order valence-electron chi connectivity index (χ0n) is 39.4. The van der Waals surface area contributed by atoms with E-state index in [0.717, 1.165) is 12.0 Å². The molecule has 356 valence electrons. The highest BCUT2D eigenvalue weighted by molar-refractivity contribution is 6.39. The molecule has 13 nitrogen and oxygen atoms in total. The average Bonchev–Trinajstić information content (AvgIpc) is 3.26. The van der Waals surface area contributed by atoms with Gasteiger partial charge in [-0.2, -0.15) is 0 Å². The summed E-state index contributed by atoms with van der Waals surface area (Å²) >= 11 is 0. The molecular formula is C50H79NO12. The molecule has 1 aliphatic carbocycles. The number of amides is 1. The summed E-state index contributed by atoms with van der Waals surface area (Å²) in [6.45, 7) is 13.2. The van der Waals surface area contributed by atoms with Crippen LogP contribution in [-0.2, 0) is 38.1 Å². The second-order valence-corrected chi connectivity index (χ2v) is 19.5. The fraction of sp³-hybridized carbons (Fsp3) is 0.760. The fourth-order valence-corrected chi connectivity index (χ4v) is 10.1. The molecule has 4 aliphatic rings. The minimum atomic E-state index is -2.39. The number of fused-ring (bicyclic) bond motifs is 3. The highest BCUT2D eigenvalue weighted by Crippen LogP contribution is 2.38. The number of aliphatic hydroxyl groups is 4. The Bertz CT molecular complexity index is 1660. The third-order valence-corrected chi connectivity index (χ3v) is 14.3. The van der Waals surface area contributed by atoms with Crippen LogP contribution in [-0.4, -0.2) is 124 Å². The van der Waals surface area contributed by atoms with Crippen molar-refractivity contribution >= 4 is 23.4 Å². The molecule has 3 aliphatic heterocycles. The van der Waals surface area contributed by atoms with Gasteiger partial charge >= 0.3 is 5.97 Å². The predicted molar refractivity (Wildman–Crippen MR) is 240 cm³/mol. The van der Waals surface area contributed by atoms with Crippen molar-refractivity contribution < 1.29 is 58.6 Å². The van der Waals surface area contributed by atoms with Crippen LogP contribution in [0, 0.1) is 35.5 Å². The molecule has 13 heteroatoms. The number of aliphatic hydroxyl groups excluding tert-OH is 3. The number of rotatable bonds is 5. The Kier molecular flexibility index (Phi) is 20.4. The number of ketones is 2. The molecule has 0 aromatic rings. The van der Waals surface area contributed by atoms with Gasteiger partial charge in [0, 0.05) is 39.0 Å². The van der Waals surface area contributed by atoms with E-state index in [0.29, 0.717) is 82.6 Å². The lowest BCUT2D eigenvalue weighted by molar-refractivity contribution is -0.265. The number of Topliss-reactive ketones (excluding diaryl/α,β-unsaturated/α-hetero) is 2. The van der Waals surface area contributed by atoms with Gasteiger partial charge in [0.2, 0.25) is 5.79 Å². The van der Waals surface area contributed by atoms with Gasteiger partial charge in [-0.15, -0.1) is 0 Å². The van der Waals surface area contributed by atoms with E-state index in [2.05, 4.69) is 0 Å². The summed E-state index contributed by atoms with van der Waals surface area (Å²) in [6.07, 6.45) is 13.1. The molecule has 0 unspecified atom stereocenters. The quantitative estimate of drug-likeness (QED) is 0.136. The van der Waals surface area contributed by atoms with Crippen LogP contribution in [0.25, 0.3) is 0 Å². The Hall–Kier alpha value is -3.04. The molecule has 4 rings (SSSR count). The van der Waals surface area contributed by atoms with Crippen LogP contribution in [0.15, 0.2) is 47.6 Å². The SMILES string of the molecule is CO[C@H]1C[C@@H]2CC[C@@H](C)[C@@](O)(O2)C(=O)C(=O)N2CCCC[C@H]2C(=O)O[C@H]([C@H](C)C[C@@H]2CC[C@@H](O)[C@H](OC)C2)CC[C@H](C)/C=C(\C)[C@@H](O)[C@@H](O)C(=O)[C@H](C)C[C@H](C)/C=C/C=CC=C1C. The topological polar surface area (TPSA) is 189 Å². The van der Waals surface area contributed by atoms with Crippen LogP contribution >= 0.6 is 0 Å². The van der Waals surface area contributed by atoms with Crippen molar-refractivity contribution in [2.24, 2.45) is 35.5 Å².